The van der Waals surface area contributed by atoms with Crippen molar-refractivity contribution in [1.82, 2.24) is 14.5 Å². The lowest BCUT2D eigenvalue weighted by Crippen LogP contribution is -2.14. The van der Waals surface area contributed by atoms with Crippen molar-refractivity contribution in [3.63, 3.8) is 0 Å². The molecule has 9 aromatic rings. The topological polar surface area (TPSA) is 30.7 Å². The van der Waals surface area contributed by atoms with Gasteiger partial charge in [0.1, 0.15) is 0 Å². The highest BCUT2D eigenvalue weighted by molar-refractivity contribution is 6.14. The highest BCUT2D eigenvalue weighted by Crippen LogP contribution is 2.50. The van der Waals surface area contributed by atoms with Crippen molar-refractivity contribution in [2.24, 2.45) is 0 Å². The molecule has 0 spiro atoms. The zero-order valence-electron chi connectivity index (χ0n) is 29.1. The van der Waals surface area contributed by atoms with Gasteiger partial charge in [-0.25, -0.2) is 9.97 Å². The summed E-state index contributed by atoms with van der Waals surface area (Å²) in [6, 6.07) is 62.9. The first-order valence-electron chi connectivity index (χ1n) is 17.9. The van der Waals surface area contributed by atoms with E-state index in [4.69, 9.17) is 9.97 Å². The third-order valence-electron chi connectivity index (χ3n) is 10.8. The molecule has 0 atom stereocenters. The smallest absolute Gasteiger partial charge is 0.160 e. The van der Waals surface area contributed by atoms with Crippen LogP contribution in [0, 0.1) is 0 Å². The van der Waals surface area contributed by atoms with Crippen LogP contribution in [-0.2, 0) is 5.41 Å². The van der Waals surface area contributed by atoms with E-state index in [1.165, 1.54) is 44.2 Å². The van der Waals surface area contributed by atoms with E-state index >= 15 is 0 Å². The first-order valence-corrected chi connectivity index (χ1v) is 17.9. The molecule has 0 aliphatic heterocycles. The summed E-state index contributed by atoms with van der Waals surface area (Å²) in [6.07, 6.45) is 0. The maximum atomic E-state index is 5.26. The van der Waals surface area contributed by atoms with Gasteiger partial charge in [0.2, 0.25) is 0 Å². The minimum absolute atomic E-state index is 0.0565. The molecule has 0 bridgehead atoms. The van der Waals surface area contributed by atoms with Gasteiger partial charge in [-0.1, -0.05) is 153 Å². The minimum atomic E-state index is -0.0565. The molecule has 0 radical (unpaired) electrons. The van der Waals surface area contributed by atoms with E-state index in [0.717, 1.165) is 44.8 Å². The van der Waals surface area contributed by atoms with Crippen LogP contribution in [0.2, 0.25) is 0 Å². The lowest BCUT2D eigenvalue weighted by Gasteiger charge is -2.22. The Kier molecular flexibility index (Phi) is 6.84. The van der Waals surface area contributed by atoms with Crippen LogP contribution >= 0.6 is 0 Å². The number of hydrogen-bond acceptors (Lipinski definition) is 2. The van der Waals surface area contributed by atoms with Gasteiger partial charge in [0.15, 0.2) is 5.82 Å². The number of fused-ring (bicyclic) bond motifs is 6. The summed E-state index contributed by atoms with van der Waals surface area (Å²) >= 11 is 0. The Morgan fingerprint density at radius 3 is 1.83 bits per heavy atom. The molecule has 1 aliphatic carbocycles. The molecule has 2 heterocycles. The number of nitrogens with zero attached hydrogens (tertiary/aromatic N) is 3. The van der Waals surface area contributed by atoms with Crippen LogP contribution in [0.5, 0.6) is 0 Å². The quantitative estimate of drug-likeness (QED) is 0.183. The largest absolute Gasteiger partial charge is 0.309 e. The molecule has 3 nitrogen and oxygen atoms in total. The summed E-state index contributed by atoms with van der Waals surface area (Å²) in [7, 11) is 0. The lowest BCUT2D eigenvalue weighted by molar-refractivity contribution is 0.660. The van der Waals surface area contributed by atoms with Gasteiger partial charge in [-0.05, 0) is 69.8 Å². The van der Waals surface area contributed by atoms with Crippen LogP contribution in [0.15, 0.2) is 176 Å². The van der Waals surface area contributed by atoms with Gasteiger partial charge in [0.05, 0.1) is 22.4 Å². The monoisotopic (exact) mass is 665 g/mol. The molecule has 0 N–H and O–H groups in total. The van der Waals surface area contributed by atoms with Crippen molar-refractivity contribution in [3.05, 3.63) is 187 Å². The maximum absolute atomic E-state index is 5.26. The second-order valence-electron chi connectivity index (χ2n) is 14.2. The summed E-state index contributed by atoms with van der Waals surface area (Å²) in [6.45, 7) is 4.69. The first-order chi connectivity index (χ1) is 25.5. The molecule has 0 amide bonds. The average Bonchev–Trinajstić information content (AvgIpc) is 3.66. The fourth-order valence-electron chi connectivity index (χ4n) is 8.24. The summed E-state index contributed by atoms with van der Waals surface area (Å²) in [5.41, 5.74) is 16.1. The Morgan fingerprint density at radius 2 is 1.04 bits per heavy atom. The SMILES string of the molecule is CC1(C)c2ccccc2-c2ccc(-c3ccc4c(c3)c3cccc(-c5cc(-c6ccccc6)nc(-c6ccccc6)n5)c3n4-c3ccccc3)cc21. The normalized spacial score (nSPS) is 13.0. The molecule has 1 aliphatic rings. The Balaban J connectivity index is 1.21. The molecule has 2 aromatic heterocycles. The zero-order chi connectivity index (χ0) is 34.8. The Hall–Kier alpha value is -6.58. The number of para-hydroxylation sites is 2. The zero-order valence-corrected chi connectivity index (χ0v) is 29.1. The molecule has 10 rings (SSSR count). The second-order valence-corrected chi connectivity index (χ2v) is 14.2. The highest BCUT2D eigenvalue weighted by atomic mass is 15.0. The van der Waals surface area contributed by atoms with Crippen LogP contribution in [-0.4, -0.2) is 14.5 Å². The van der Waals surface area contributed by atoms with Gasteiger partial charge in [-0.15, -0.1) is 0 Å². The van der Waals surface area contributed by atoms with Gasteiger partial charge >= 0.3 is 0 Å². The molecule has 0 saturated carbocycles. The van der Waals surface area contributed by atoms with Crippen molar-refractivity contribution in [2.45, 2.75) is 19.3 Å². The predicted molar refractivity (Wildman–Crippen MR) is 216 cm³/mol. The third-order valence-corrected chi connectivity index (χ3v) is 10.8. The summed E-state index contributed by atoms with van der Waals surface area (Å²) in [4.78, 5) is 10.3. The van der Waals surface area contributed by atoms with Crippen LogP contribution in [0.1, 0.15) is 25.0 Å². The van der Waals surface area contributed by atoms with Crippen LogP contribution in [0.25, 0.3) is 83.6 Å². The second kappa shape index (κ2) is 11.8. The van der Waals surface area contributed by atoms with E-state index < -0.39 is 0 Å². The fourth-order valence-corrected chi connectivity index (χ4v) is 8.24. The Labute approximate surface area is 303 Å². The van der Waals surface area contributed by atoms with E-state index in [-0.39, 0.29) is 5.41 Å². The molecule has 0 saturated heterocycles. The van der Waals surface area contributed by atoms with E-state index in [0.29, 0.717) is 5.82 Å². The molecular weight excluding hydrogens is 631 g/mol. The Bertz CT molecular complexity index is 2740. The number of hydrogen-bond donors (Lipinski definition) is 0. The molecule has 7 aromatic carbocycles. The standard InChI is InChI=1S/C49H35N3/c1-49(2)42-24-13-12-21-37(42)38-27-25-35(30-43(38)49)34-26-28-46-41(29-34)39-22-14-23-40(47(39)52(46)36-19-10-5-11-20-36)45-31-44(32-15-6-3-7-16-32)50-48(51-45)33-17-8-4-9-18-33/h3-31H,1-2H3. The van der Waals surface area contributed by atoms with Gasteiger partial charge < -0.3 is 4.57 Å². The molecule has 52 heavy (non-hydrogen) atoms. The first kappa shape index (κ1) is 30.3. The average molecular weight is 666 g/mol. The third kappa shape index (κ3) is 4.74. The predicted octanol–water partition coefficient (Wildman–Crippen LogP) is 12.5. The van der Waals surface area contributed by atoms with E-state index in [1.54, 1.807) is 0 Å². The van der Waals surface area contributed by atoms with Crippen molar-refractivity contribution in [3.8, 4) is 61.8 Å². The highest BCUT2D eigenvalue weighted by Gasteiger charge is 2.35. The van der Waals surface area contributed by atoms with E-state index in [9.17, 15) is 0 Å². The van der Waals surface area contributed by atoms with Crippen molar-refractivity contribution >= 4 is 21.8 Å². The van der Waals surface area contributed by atoms with Gasteiger partial charge in [-0.3, -0.25) is 0 Å². The van der Waals surface area contributed by atoms with Crippen LogP contribution < -0.4 is 0 Å². The van der Waals surface area contributed by atoms with Crippen LogP contribution in [0.4, 0.5) is 0 Å². The summed E-state index contributed by atoms with van der Waals surface area (Å²) in [5.74, 6) is 0.709. The minimum Gasteiger partial charge on any atom is -0.309 e. The van der Waals surface area contributed by atoms with Crippen molar-refractivity contribution in [2.75, 3.05) is 0 Å². The van der Waals surface area contributed by atoms with Gasteiger partial charge in [0.25, 0.3) is 0 Å². The Morgan fingerprint density at radius 1 is 0.423 bits per heavy atom. The number of benzene rings is 7. The van der Waals surface area contributed by atoms with Crippen LogP contribution in [0.3, 0.4) is 0 Å². The molecule has 0 unspecified atom stereocenters. The lowest BCUT2D eigenvalue weighted by atomic mass is 9.81. The van der Waals surface area contributed by atoms with Gasteiger partial charge in [-0.2, -0.15) is 0 Å². The molecule has 3 heteroatoms. The molecule has 246 valence electrons. The number of rotatable bonds is 5. The molecule has 0 fully saturated rings. The summed E-state index contributed by atoms with van der Waals surface area (Å²) in [5, 5.41) is 2.40. The van der Waals surface area contributed by atoms with Crippen molar-refractivity contribution < 1.29 is 0 Å². The maximum Gasteiger partial charge on any atom is 0.160 e. The van der Waals surface area contributed by atoms with Gasteiger partial charge in [0, 0.05) is 38.6 Å². The van der Waals surface area contributed by atoms with Crippen molar-refractivity contribution in [1.29, 1.82) is 0 Å². The number of aromatic nitrogens is 3. The van der Waals surface area contributed by atoms with E-state index in [2.05, 4.69) is 170 Å². The fraction of sp³-hybridized carbons (Fsp3) is 0.0612. The molecular formula is C49H35N3. The van der Waals surface area contributed by atoms with E-state index in [1.807, 2.05) is 24.3 Å². The summed E-state index contributed by atoms with van der Waals surface area (Å²) < 4.78 is 2.40.